The Bertz CT molecular complexity index is 532. The van der Waals surface area contributed by atoms with E-state index in [1.165, 1.54) is 5.56 Å². The molecule has 2 unspecified atom stereocenters. The van der Waals surface area contributed by atoms with Gasteiger partial charge < -0.3 is 10.2 Å². The van der Waals surface area contributed by atoms with Crippen LogP contribution in [0.4, 0.5) is 0 Å². The van der Waals surface area contributed by atoms with E-state index in [-0.39, 0.29) is 23.7 Å². The number of nitrogens with one attached hydrogen (secondary N) is 1. The summed E-state index contributed by atoms with van der Waals surface area (Å²) in [6, 6.07) is 8.13. The normalized spacial score (nSPS) is 24.0. The predicted octanol–water partition coefficient (Wildman–Crippen LogP) is 1.87. The molecule has 3 rings (SSSR count). The van der Waals surface area contributed by atoms with Crippen molar-refractivity contribution >= 4 is 11.8 Å². The first-order valence-electron chi connectivity index (χ1n) is 7.77. The van der Waals surface area contributed by atoms with Crippen LogP contribution >= 0.6 is 0 Å². The van der Waals surface area contributed by atoms with E-state index in [2.05, 4.69) is 5.32 Å². The Hall–Kier alpha value is -1.84. The van der Waals surface area contributed by atoms with E-state index < -0.39 is 0 Å². The molecule has 0 radical (unpaired) electrons. The van der Waals surface area contributed by atoms with E-state index in [1.807, 2.05) is 36.1 Å². The highest BCUT2D eigenvalue weighted by Gasteiger charge is 2.49. The highest BCUT2D eigenvalue weighted by Crippen LogP contribution is 2.40. The third-order valence-electron chi connectivity index (χ3n) is 4.45. The fourth-order valence-electron chi connectivity index (χ4n) is 2.96. The lowest BCUT2D eigenvalue weighted by atomic mass is 10.1. The van der Waals surface area contributed by atoms with Gasteiger partial charge in [0.1, 0.15) is 0 Å². The topological polar surface area (TPSA) is 49.4 Å². The number of rotatable bonds is 4. The van der Waals surface area contributed by atoms with Crippen molar-refractivity contribution in [2.75, 3.05) is 13.1 Å². The maximum atomic E-state index is 12.2. The highest BCUT2D eigenvalue weighted by atomic mass is 16.2. The quantitative estimate of drug-likeness (QED) is 0.918. The maximum absolute atomic E-state index is 12.2. The van der Waals surface area contributed by atoms with Gasteiger partial charge in [0.2, 0.25) is 11.8 Å². The number of aryl methyl sites for hydroxylation is 1. The van der Waals surface area contributed by atoms with Crippen LogP contribution in [0, 0.1) is 18.8 Å². The molecule has 2 atom stereocenters. The summed E-state index contributed by atoms with van der Waals surface area (Å²) in [6.07, 6.45) is 2.92. The molecule has 112 valence electrons. The average Bonchev–Trinajstić information content (AvgIpc) is 3.11. The molecular weight excluding hydrogens is 264 g/mol. The van der Waals surface area contributed by atoms with Gasteiger partial charge in [-0.25, -0.2) is 0 Å². The fourth-order valence-corrected chi connectivity index (χ4v) is 2.96. The van der Waals surface area contributed by atoms with Crippen LogP contribution in [0.15, 0.2) is 24.3 Å². The van der Waals surface area contributed by atoms with Crippen LogP contribution in [-0.4, -0.2) is 29.8 Å². The summed E-state index contributed by atoms with van der Waals surface area (Å²) >= 11 is 0. The number of likely N-dealkylation sites (tertiary alicyclic amines) is 1. The third-order valence-corrected chi connectivity index (χ3v) is 4.45. The number of nitrogens with zero attached hydrogens (tertiary/aromatic N) is 1. The molecule has 2 amide bonds. The van der Waals surface area contributed by atoms with E-state index in [1.54, 1.807) is 0 Å². The summed E-state index contributed by atoms with van der Waals surface area (Å²) in [5.74, 6) is 0.0285. The molecule has 0 bridgehead atoms. The summed E-state index contributed by atoms with van der Waals surface area (Å²) in [7, 11) is 0. The van der Waals surface area contributed by atoms with Crippen molar-refractivity contribution in [2.45, 2.75) is 32.7 Å². The average molecular weight is 286 g/mol. The zero-order chi connectivity index (χ0) is 14.8. The Morgan fingerprint density at radius 2 is 1.81 bits per heavy atom. The van der Waals surface area contributed by atoms with Gasteiger partial charge in [-0.05, 0) is 31.7 Å². The first kappa shape index (κ1) is 14.1. The molecule has 4 nitrogen and oxygen atoms in total. The van der Waals surface area contributed by atoms with Gasteiger partial charge in [-0.2, -0.15) is 0 Å². The van der Waals surface area contributed by atoms with E-state index in [0.717, 1.165) is 37.9 Å². The van der Waals surface area contributed by atoms with Crippen molar-refractivity contribution < 1.29 is 9.59 Å². The number of hydrogen-bond acceptors (Lipinski definition) is 2. The molecule has 21 heavy (non-hydrogen) atoms. The molecule has 1 saturated heterocycles. The maximum Gasteiger partial charge on any atom is 0.226 e. The molecule has 2 aliphatic rings. The van der Waals surface area contributed by atoms with Gasteiger partial charge >= 0.3 is 0 Å². The molecule has 1 saturated carbocycles. The van der Waals surface area contributed by atoms with Gasteiger partial charge in [-0.1, -0.05) is 29.8 Å². The summed E-state index contributed by atoms with van der Waals surface area (Å²) in [5, 5.41) is 2.95. The minimum absolute atomic E-state index is 0.0214. The van der Waals surface area contributed by atoms with E-state index >= 15 is 0 Å². The minimum Gasteiger partial charge on any atom is -0.352 e. The molecule has 2 fully saturated rings. The van der Waals surface area contributed by atoms with E-state index in [9.17, 15) is 9.59 Å². The number of carbonyl (C=O) groups excluding carboxylic acids is 2. The second-order valence-electron chi connectivity index (χ2n) is 6.18. The van der Waals surface area contributed by atoms with Gasteiger partial charge in [0.15, 0.2) is 0 Å². The smallest absolute Gasteiger partial charge is 0.226 e. The van der Waals surface area contributed by atoms with Gasteiger partial charge in [0, 0.05) is 19.6 Å². The molecule has 1 heterocycles. The van der Waals surface area contributed by atoms with Crippen molar-refractivity contribution in [1.29, 1.82) is 0 Å². The monoisotopic (exact) mass is 286 g/mol. The van der Waals surface area contributed by atoms with Crippen molar-refractivity contribution in [2.24, 2.45) is 11.8 Å². The van der Waals surface area contributed by atoms with Crippen LogP contribution in [0.25, 0.3) is 0 Å². The first-order chi connectivity index (χ1) is 10.1. The number of amides is 2. The Kier molecular flexibility index (Phi) is 3.95. The van der Waals surface area contributed by atoms with Crippen LogP contribution < -0.4 is 5.32 Å². The molecule has 1 aliphatic carbocycles. The molecule has 1 aromatic carbocycles. The Labute approximate surface area is 125 Å². The highest BCUT2D eigenvalue weighted by molar-refractivity contribution is 5.92. The minimum atomic E-state index is -0.108. The fraction of sp³-hybridized carbons (Fsp3) is 0.529. The Morgan fingerprint density at radius 1 is 1.14 bits per heavy atom. The number of benzene rings is 1. The largest absolute Gasteiger partial charge is 0.352 e. The second kappa shape index (κ2) is 5.88. The van der Waals surface area contributed by atoms with Gasteiger partial charge in [0.05, 0.1) is 11.8 Å². The van der Waals surface area contributed by atoms with E-state index in [4.69, 9.17) is 0 Å². The van der Waals surface area contributed by atoms with Gasteiger partial charge in [0.25, 0.3) is 0 Å². The third kappa shape index (κ3) is 3.26. The summed E-state index contributed by atoms with van der Waals surface area (Å²) in [6.45, 7) is 4.32. The number of hydrogen-bond donors (Lipinski definition) is 1. The predicted molar refractivity (Wildman–Crippen MR) is 80.4 cm³/mol. The molecule has 0 aromatic heterocycles. The Balaban J connectivity index is 1.46. The summed E-state index contributed by atoms with van der Waals surface area (Å²) in [4.78, 5) is 26.2. The van der Waals surface area contributed by atoms with Gasteiger partial charge in [-0.3, -0.25) is 9.59 Å². The van der Waals surface area contributed by atoms with Crippen molar-refractivity contribution in [3.05, 3.63) is 35.4 Å². The van der Waals surface area contributed by atoms with Crippen LogP contribution in [0.2, 0.25) is 0 Å². The zero-order valence-electron chi connectivity index (χ0n) is 12.5. The van der Waals surface area contributed by atoms with Crippen LogP contribution in [0.5, 0.6) is 0 Å². The van der Waals surface area contributed by atoms with Crippen LogP contribution in [-0.2, 0) is 16.1 Å². The molecular formula is C17H22N2O2. The Morgan fingerprint density at radius 3 is 2.48 bits per heavy atom. The zero-order valence-corrected chi connectivity index (χ0v) is 12.5. The lowest BCUT2D eigenvalue weighted by Crippen LogP contribution is -2.32. The lowest BCUT2D eigenvalue weighted by molar-refractivity contribution is -0.133. The standard InChI is InChI=1S/C17H22N2O2/c1-12-4-6-13(7-5-12)11-18-16(20)14-10-15(14)17(21)19-8-2-3-9-19/h4-7,14-15H,2-3,8-11H2,1H3,(H,18,20). The molecule has 1 aliphatic heterocycles. The van der Waals surface area contributed by atoms with Crippen molar-refractivity contribution in [1.82, 2.24) is 10.2 Å². The summed E-state index contributed by atoms with van der Waals surface area (Å²) in [5.41, 5.74) is 2.31. The molecule has 1 aromatic rings. The number of carbonyl (C=O) groups is 2. The first-order valence-corrected chi connectivity index (χ1v) is 7.77. The van der Waals surface area contributed by atoms with Gasteiger partial charge in [-0.15, -0.1) is 0 Å². The second-order valence-corrected chi connectivity index (χ2v) is 6.18. The molecule has 1 N–H and O–H groups in total. The summed E-state index contributed by atoms with van der Waals surface area (Å²) < 4.78 is 0. The SMILES string of the molecule is Cc1ccc(CNC(=O)C2CC2C(=O)N2CCCC2)cc1. The lowest BCUT2D eigenvalue weighted by Gasteiger charge is -2.14. The van der Waals surface area contributed by atoms with E-state index in [0.29, 0.717) is 6.54 Å². The van der Waals surface area contributed by atoms with Crippen molar-refractivity contribution in [3.8, 4) is 0 Å². The van der Waals surface area contributed by atoms with Crippen molar-refractivity contribution in [3.63, 3.8) is 0 Å². The van der Waals surface area contributed by atoms with Crippen LogP contribution in [0.1, 0.15) is 30.4 Å². The molecule has 4 heteroatoms. The molecule has 0 spiro atoms. The van der Waals surface area contributed by atoms with Crippen LogP contribution in [0.3, 0.4) is 0 Å².